The first-order valence-electron chi connectivity index (χ1n) is 11.5. The smallest absolute Gasteiger partial charge is 0.262 e. The highest BCUT2D eigenvalue weighted by Gasteiger charge is 2.42. The second-order valence-corrected chi connectivity index (χ2v) is 8.85. The van der Waals surface area contributed by atoms with Crippen LogP contribution in [0, 0.1) is 13.8 Å². The van der Waals surface area contributed by atoms with Crippen LogP contribution in [-0.2, 0) is 14.3 Å². The molecule has 4 amide bonds. The summed E-state index contributed by atoms with van der Waals surface area (Å²) < 4.78 is 5.69. The van der Waals surface area contributed by atoms with Crippen molar-refractivity contribution in [2.24, 2.45) is 0 Å². The standard InChI is InChI=1S/C26H29N3O5/c1-16-8-6-12-22(17(16)2)27-23(30)15-28(14-19-9-7-13-34-19)24(31)18(3)29-25(32)20-10-4-5-11-21(20)26(29)33/h4-6,8,10-12,18-19H,7,9,13-15H2,1-3H3,(H,27,30). The van der Waals surface area contributed by atoms with Crippen LogP contribution in [0.4, 0.5) is 5.69 Å². The molecule has 2 heterocycles. The molecule has 34 heavy (non-hydrogen) atoms. The van der Waals surface area contributed by atoms with Crippen molar-refractivity contribution >= 4 is 29.3 Å². The van der Waals surface area contributed by atoms with E-state index in [1.165, 1.54) is 11.8 Å². The highest BCUT2D eigenvalue weighted by atomic mass is 16.5. The number of amides is 4. The molecule has 2 aromatic carbocycles. The van der Waals surface area contributed by atoms with E-state index in [0.29, 0.717) is 12.3 Å². The largest absolute Gasteiger partial charge is 0.376 e. The molecule has 1 fully saturated rings. The lowest BCUT2D eigenvalue weighted by atomic mass is 10.1. The van der Waals surface area contributed by atoms with Crippen molar-refractivity contribution in [3.8, 4) is 0 Å². The zero-order valence-electron chi connectivity index (χ0n) is 19.7. The minimum absolute atomic E-state index is 0.188. The topological polar surface area (TPSA) is 96.0 Å². The number of nitrogens with zero attached hydrogens (tertiary/aromatic N) is 2. The summed E-state index contributed by atoms with van der Waals surface area (Å²) >= 11 is 0. The van der Waals surface area contributed by atoms with Gasteiger partial charge in [0.1, 0.15) is 12.6 Å². The van der Waals surface area contributed by atoms with E-state index >= 15 is 0 Å². The summed E-state index contributed by atoms with van der Waals surface area (Å²) in [5.41, 5.74) is 3.25. The van der Waals surface area contributed by atoms with Crippen LogP contribution in [0.3, 0.4) is 0 Å². The van der Waals surface area contributed by atoms with Gasteiger partial charge in [0.05, 0.1) is 17.2 Å². The molecule has 0 aromatic heterocycles. The van der Waals surface area contributed by atoms with Gasteiger partial charge >= 0.3 is 0 Å². The van der Waals surface area contributed by atoms with E-state index in [9.17, 15) is 19.2 Å². The van der Waals surface area contributed by atoms with E-state index in [1.807, 2.05) is 32.0 Å². The Labute approximate surface area is 198 Å². The average molecular weight is 464 g/mol. The number of imide groups is 1. The van der Waals surface area contributed by atoms with Gasteiger partial charge in [0.2, 0.25) is 11.8 Å². The van der Waals surface area contributed by atoms with Gasteiger partial charge in [-0.25, -0.2) is 0 Å². The Kier molecular flexibility index (Phi) is 6.79. The molecular weight excluding hydrogens is 434 g/mol. The molecule has 2 atom stereocenters. The van der Waals surface area contributed by atoms with Crippen molar-refractivity contribution in [3.05, 3.63) is 64.7 Å². The Morgan fingerprint density at radius 3 is 2.38 bits per heavy atom. The zero-order chi connectivity index (χ0) is 24.4. The molecule has 1 N–H and O–H groups in total. The maximum atomic E-state index is 13.5. The van der Waals surface area contributed by atoms with Crippen LogP contribution in [0.5, 0.6) is 0 Å². The number of rotatable bonds is 7. The molecule has 2 aliphatic heterocycles. The number of benzene rings is 2. The van der Waals surface area contributed by atoms with Gasteiger partial charge in [0.15, 0.2) is 0 Å². The molecule has 2 unspecified atom stereocenters. The van der Waals surface area contributed by atoms with Crippen molar-refractivity contribution in [1.29, 1.82) is 0 Å². The van der Waals surface area contributed by atoms with Gasteiger partial charge in [-0.2, -0.15) is 0 Å². The molecule has 8 nitrogen and oxygen atoms in total. The second kappa shape index (κ2) is 9.77. The van der Waals surface area contributed by atoms with E-state index in [2.05, 4.69) is 5.32 Å². The Morgan fingerprint density at radius 2 is 1.76 bits per heavy atom. The molecule has 2 aliphatic rings. The second-order valence-electron chi connectivity index (χ2n) is 8.85. The first kappa shape index (κ1) is 23.6. The number of hydrogen-bond donors (Lipinski definition) is 1. The van der Waals surface area contributed by atoms with Crippen LogP contribution >= 0.6 is 0 Å². The highest BCUT2D eigenvalue weighted by Crippen LogP contribution is 2.26. The molecule has 4 rings (SSSR count). The predicted octanol–water partition coefficient (Wildman–Crippen LogP) is 2.93. The van der Waals surface area contributed by atoms with Gasteiger partial charge in [0.25, 0.3) is 11.8 Å². The molecule has 0 spiro atoms. The van der Waals surface area contributed by atoms with E-state index in [-0.39, 0.29) is 36.2 Å². The van der Waals surface area contributed by atoms with E-state index in [1.54, 1.807) is 24.3 Å². The molecule has 0 bridgehead atoms. The van der Waals surface area contributed by atoms with Crippen molar-refractivity contribution in [2.75, 3.05) is 25.0 Å². The summed E-state index contributed by atoms with van der Waals surface area (Å²) in [5, 5.41) is 2.88. The van der Waals surface area contributed by atoms with Gasteiger partial charge in [-0.15, -0.1) is 0 Å². The summed E-state index contributed by atoms with van der Waals surface area (Å²) in [5.74, 6) is -1.83. The van der Waals surface area contributed by atoms with E-state index in [0.717, 1.165) is 28.9 Å². The summed E-state index contributed by atoms with van der Waals surface area (Å²) in [6.45, 7) is 6.02. The number of fused-ring (bicyclic) bond motifs is 1. The van der Waals surface area contributed by atoms with Gasteiger partial charge < -0.3 is 15.0 Å². The monoisotopic (exact) mass is 463 g/mol. The molecule has 0 saturated carbocycles. The third-order valence-electron chi connectivity index (χ3n) is 6.54. The van der Waals surface area contributed by atoms with E-state index < -0.39 is 23.8 Å². The number of aryl methyl sites for hydroxylation is 1. The maximum Gasteiger partial charge on any atom is 0.262 e. The predicted molar refractivity (Wildman–Crippen MR) is 127 cm³/mol. The van der Waals surface area contributed by atoms with Crippen LogP contribution in [0.1, 0.15) is 51.6 Å². The van der Waals surface area contributed by atoms with Crippen LogP contribution in [0.15, 0.2) is 42.5 Å². The van der Waals surface area contributed by atoms with E-state index in [4.69, 9.17) is 4.74 Å². The summed E-state index contributed by atoms with van der Waals surface area (Å²) in [6, 6.07) is 11.1. The third-order valence-corrected chi connectivity index (χ3v) is 6.54. The number of nitrogens with one attached hydrogen (secondary N) is 1. The summed E-state index contributed by atoms with van der Waals surface area (Å²) in [4.78, 5) is 54.6. The molecule has 1 saturated heterocycles. The first-order valence-corrected chi connectivity index (χ1v) is 11.5. The Bertz CT molecular complexity index is 1100. The van der Waals surface area contributed by atoms with Crippen LogP contribution in [-0.4, -0.2) is 65.3 Å². The quantitative estimate of drug-likeness (QED) is 0.637. The van der Waals surface area contributed by atoms with Gasteiger partial charge in [-0.1, -0.05) is 24.3 Å². The fourth-order valence-corrected chi connectivity index (χ4v) is 4.45. The molecule has 178 valence electrons. The normalized spacial score (nSPS) is 18.1. The van der Waals surface area contributed by atoms with Crippen molar-refractivity contribution in [3.63, 3.8) is 0 Å². The number of hydrogen-bond acceptors (Lipinski definition) is 5. The third kappa shape index (κ3) is 4.59. The minimum Gasteiger partial charge on any atom is -0.376 e. The van der Waals surface area contributed by atoms with Crippen LogP contribution < -0.4 is 5.32 Å². The molecule has 2 aromatic rings. The van der Waals surface area contributed by atoms with Crippen LogP contribution in [0.25, 0.3) is 0 Å². The molecular formula is C26H29N3O5. The first-order chi connectivity index (χ1) is 16.3. The fourth-order valence-electron chi connectivity index (χ4n) is 4.45. The van der Waals surface area contributed by atoms with Gasteiger partial charge in [0, 0.05) is 18.8 Å². The summed E-state index contributed by atoms with van der Waals surface area (Å²) in [7, 11) is 0. The lowest BCUT2D eigenvalue weighted by Crippen LogP contribution is -2.52. The number of carbonyl (C=O) groups excluding carboxylic acids is 4. The number of ether oxygens (including phenoxy) is 1. The van der Waals surface area contributed by atoms with Crippen molar-refractivity contribution in [2.45, 2.75) is 45.8 Å². The van der Waals surface area contributed by atoms with Crippen molar-refractivity contribution < 1.29 is 23.9 Å². The SMILES string of the molecule is Cc1cccc(NC(=O)CN(CC2CCCO2)C(=O)C(C)N2C(=O)c3ccccc3C2=O)c1C. The summed E-state index contributed by atoms with van der Waals surface area (Å²) in [6.07, 6.45) is 1.48. The maximum absolute atomic E-state index is 13.5. The van der Waals surface area contributed by atoms with Crippen LogP contribution in [0.2, 0.25) is 0 Å². The molecule has 0 radical (unpaired) electrons. The van der Waals surface area contributed by atoms with Gasteiger partial charge in [-0.3, -0.25) is 24.1 Å². The van der Waals surface area contributed by atoms with Crippen molar-refractivity contribution in [1.82, 2.24) is 9.80 Å². The lowest BCUT2D eigenvalue weighted by molar-refractivity contribution is -0.139. The number of carbonyl (C=O) groups is 4. The molecule has 0 aliphatic carbocycles. The lowest BCUT2D eigenvalue weighted by Gasteiger charge is -2.30. The average Bonchev–Trinajstić information content (AvgIpc) is 3.42. The Morgan fingerprint density at radius 1 is 1.09 bits per heavy atom. The fraction of sp³-hybridized carbons (Fsp3) is 0.385. The molecule has 8 heteroatoms. The minimum atomic E-state index is -1.05. The Hall–Kier alpha value is -3.52. The van der Waals surface area contributed by atoms with Gasteiger partial charge in [-0.05, 0) is 62.9 Å². The zero-order valence-corrected chi connectivity index (χ0v) is 19.7. The number of anilines is 1. The Balaban J connectivity index is 1.52. The highest BCUT2D eigenvalue weighted by molar-refractivity contribution is 6.22.